The maximum absolute atomic E-state index is 5.65. The highest BCUT2D eigenvalue weighted by molar-refractivity contribution is 9.10. The van der Waals surface area contributed by atoms with E-state index in [9.17, 15) is 0 Å². The molecule has 2 aromatic rings. The summed E-state index contributed by atoms with van der Waals surface area (Å²) in [4.78, 5) is 0. The van der Waals surface area contributed by atoms with Crippen LogP contribution in [0.4, 0.5) is 5.69 Å². The van der Waals surface area contributed by atoms with Crippen molar-refractivity contribution < 1.29 is 9.47 Å². The van der Waals surface area contributed by atoms with Crippen molar-refractivity contribution >= 4 is 21.6 Å². The second-order valence-electron chi connectivity index (χ2n) is 4.05. The number of benzene rings is 2. The molecule has 0 saturated heterocycles. The van der Waals surface area contributed by atoms with Crippen LogP contribution in [0, 0.1) is 0 Å². The molecule has 0 unspecified atom stereocenters. The molecular weight excluding hydrogens is 306 g/mol. The van der Waals surface area contributed by atoms with Crippen molar-refractivity contribution in [1.82, 2.24) is 0 Å². The third-order valence-corrected chi connectivity index (χ3v) is 3.19. The number of rotatable bonds is 6. The summed E-state index contributed by atoms with van der Waals surface area (Å²) in [7, 11) is 0. The molecule has 0 bridgehead atoms. The summed E-state index contributed by atoms with van der Waals surface area (Å²) >= 11 is 3.44. The number of nitrogens with two attached hydrogens (primary N) is 1. The molecular formula is C15H16BrNO2. The molecule has 19 heavy (non-hydrogen) atoms. The first kappa shape index (κ1) is 13.7. The normalized spacial score (nSPS) is 10.2. The summed E-state index contributed by atoms with van der Waals surface area (Å²) in [5, 5.41) is 0. The van der Waals surface area contributed by atoms with Gasteiger partial charge in [0.25, 0.3) is 0 Å². The number of nitrogen functional groups attached to an aromatic ring is 1. The molecule has 2 rings (SSSR count). The van der Waals surface area contributed by atoms with Crippen molar-refractivity contribution in [2.75, 3.05) is 18.9 Å². The number of anilines is 1. The molecule has 0 amide bonds. The standard InChI is InChI=1S/C15H16BrNO2/c16-14-4-1-2-5-15(14)19-11-3-10-18-13-8-6-12(17)7-9-13/h1-2,4-9H,3,10-11,17H2. The second-order valence-corrected chi connectivity index (χ2v) is 4.90. The number of hydrogen-bond donors (Lipinski definition) is 1. The van der Waals surface area contributed by atoms with E-state index < -0.39 is 0 Å². The Balaban J connectivity index is 1.67. The van der Waals surface area contributed by atoms with E-state index in [4.69, 9.17) is 15.2 Å². The van der Waals surface area contributed by atoms with Gasteiger partial charge in [-0.05, 0) is 52.3 Å². The third-order valence-electron chi connectivity index (χ3n) is 2.53. The van der Waals surface area contributed by atoms with Crippen molar-refractivity contribution in [3.63, 3.8) is 0 Å². The van der Waals surface area contributed by atoms with Crippen LogP contribution in [0.3, 0.4) is 0 Å². The molecule has 2 N–H and O–H groups in total. The fraction of sp³-hybridized carbons (Fsp3) is 0.200. The molecule has 3 nitrogen and oxygen atoms in total. The molecule has 4 heteroatoms. The number of halogens is 1. The molecule has 2 aromatic carbocycles. The summed E-state index contributed by atoms with van der Waals surface area (Å²) in [6.07, 6.45) is 0.825. The topological polar surface area (TPSA) is 44.5 Å². The lowest BCUT2D eigenvalue weighted by Crippen LogP contribution is -2.05. The number of ether oxygens (including phenoxy) is 2. The van der Waals surface area contributed by atoms with Crippen LogP contribution in [0.1, 0.15) is 6.42 Å². The van der Waals surface area contributed by atoms with Gasteiger partial charge in [-0.25, -0.2) is 0 Å². The Hall–Kier alpha value is -1.68. The molecule has 0 saturated carbocycles. The SMILES string of the molecule is Nc1ccc(OCCCOc2ccccc2Br)cc1. The van der Waals surface area contributed by atoms with Gasteiger partial charge in [0.2, 0.25) is 0 Å². The van der Waals surface area contributed by atoms with Gasteiger partial charge >= 0.3 is 0 Å². The van der Waals surface area contributed by atoms with E-state index in [1.165, 1.54) is 0 Å². The van der Waals surface area contributed by atoms with E-state index in [1.807, 2.05) is 48.5 Å². The van der Waals surface area contributed by atoms with Crippen molar-refractivity contribution in [3.8, 4) is 11.5 Å². The van der Waals surface area contributed by atoms with Gasteiger partial charge in [-0.2, -0.15) is 0 Å². The molecule has 0 heterocycles. The maximum Gasteiger partial charge on any atom is 0.133 e. The van der Waals surface area contributed by atoms with Crippen molar-refractivity contribution in [1.29, 1.82) is 0 Å². The Morgan fingerprint density at radius 3 is 2.32 bits per heavy atom. The Morgan fingerprint density at radius 2 is 1.58 bits per heavy atom. The average molecular weight is 322 g/mol. The first-order valence-electron chi connectivity index (χ1n) is 6.11. The Labute approximate surface area is 121 Å². The van der Waals surface area contributed by atoms with E-state index in [1.54, 1.807) is 0 Å². The molecule has 0 fully saturated rings. The first-order valence-corrected chi connectivity index (χ1v) is 6.90. The number of para-hydroxylation sites is 1. The van der Waals surface area contributed by atoms with Crippen LogP contribution >= 0.6 is 15.9 Å². The fourth-order valence-electron chi connectivity index (χ4n) is 1.56. The Kier molecular flexibility index (Phi) is 5.10. The van der Waals surface area contributed by atoms with Crippen LogP contribution in [0.5, 0.6) is 11.5 Å². The predicted octanol–water partition coefficient (Wildman–Crippen LogP) is 3.88. The van der Waals surface area contributed by atoms with Crippen LogP contribution in [0.15, 0.2) is 53.0 Å². The lowest BCUT2D eigenvalue weighted by molar-refractivity contribution is 0.246. The van der Waals surface area contributed by atoms with Crippen LogP contribution in [0.25, 0.3) is 0 Å². The molecule has 100 valence electrons. The lowest BCUT2D eigenvalue weighted by atomic mass is 10.3. The minimum absolute atomic E-state index is 0.619. The zero-order valence-electron chi connectivity index (χ0n) is 10.5. The maximum atomic E-state index is 5.65. The van der Waals surface area contributed by atoms with Crippen molar-refractivity contribution in [3.05, 3.63) is 53.0 Å². The quantitative estimate of drug-likeness (QED) is 0.648. The lowest BCUT2D eigenvalue weighted by Gasteiger charge is -2.09. The first-order chi connectivity index (χ1) is 9.25. The zero-order chi connectivity index (χ0) is 13.5. The smallest absolute Gasteiger partial charge is 0.133 e. The van der Waals surface area contributed by atoms with E-state index in [0.29, 0.717) is 13.2 Å². The molecule has 0 atom stereocenters. The summed E-state index contributed by atoms with van der Waals surface area (Å²) in [5.74, 6) is 1.69. The van der Waals surface area contributed by atoms with Gasteiger partial charge < -0.3 is 15.2 Å². The van der Waals surface area contributed by atoms with Crippen LogP contribution < -0.4 is 15.2 Å². The van der Waals surface area contributed by atoms with Gasteiger partial charge in [0, 0.05) is 12.1 Å². The molecule has 0 aliphatic carbocycles. The van der Waals surface area contributed by atoms with Crippen LogP contribution in [0.2, 0.25) is 0 Å². The van der Waals surface area contributed by atoms with Gasteiger partial charge in [-0.3, -0.25) is 0 Å². The Morgan fingerprint density at radius 1 is 0.895 bits per heavy atom. The average Bonchev–Trinajstić information content (AvgIpc) is 2.42. The van der Waals surface area contributed by atoms with Crippen molar-refractivity contribution in [2.45, 2.75) is 6.42 Å². The minimum atomic E-state index is 0.619. The molecule has 0 aliphatic rings. The van der Waals surface area contributed by atoms with Gasteiger partial charge in [-0.15, -0.1) is 0 Å². The highest BCUT2D eigenvalue weighted by Gasteiger charge is 1.99. The fourth-order valence-corrected chi connectivity index (χ4v) is 1.96. The summed E-state index contributed by atoms with van der Waals surface area (Å²) in [6.45, 7) is 1.24. The summed E-state index contributed by atoms with van der Waals surface area (Å²) in [5.41, 5.74) is 6.34. The molecule has 0 spiro atoms. The predicted molar refractivity (Wildman–Crippen MR) is 80.6 cm³/mol. The number of hydrogen-bond acceptors (Lipinski definition) is 3. The van der Waals surface area contributed by atoms with Gasteiger partial charge in [0.1, 0.15) is 11.5 Å². The molecule has 0 radical (unpaired) electrons. The van der Waals surface area contributed by atoms with E-state index >= 15 is 0 Å². The van der Waals surface area contributed by atoms with Gasteiger partial charge in [-0.1, -0.05) is 12.1 Å². The highest BCUT2D eigenvalue weighted by atomic mass is 79.9. The van der Waals surface area contributed by atoms with E-state index in [-0.39, 0.29) is 0 Å². The molecule has 0 aliphatic heterocycles. The van der Waals surface area contributed by atoms with Crippen molar-refractivity contribution in [2.24, 2.45) is 0 Å². The summed E-state index contributed by atoms with van der Waals surface area (Å²) in [6, 6.07) is 15.2. The highest BCUT2D eigenvalue weighted by Crippen LogP contribution is 2.23. The zero-order valence-corrected chi connectivity index (χ0v) is 12.1. The summed E-state index contributed by atoms with van der Waals surface area (Å²) < 4.78 is 12.2. The minimum Gasteiger partial charge on any atom is -0.493 e. The molecule has 0 aromatic heterocycles. The largest absolute Gasteiger partial charge is 0.493 e. The second kappa shape index (κ2) is 7.04. The van der Waals surface area contributed by atoms with Gasteiger partial charge in [0.05, 0.1) is 17.7 Å². The van der Waals surface area contributed by atoms with Crippen LogP contribution in [-0.4, -0.2) is 13.2 Å². The third kappa shape index (κ3) is 4.48. The monoisotopic (exact) mass is 321 g/mol. The van der Waals surface area contributed by atoms with E-state index in [2.05, 4.69) is 15.9 Å². The Bertz CT molecular complexity index is 514. The van der Waals surface area contributed by atoms with Gasteiger partial charge in [0.15, 0.2) is 0 Å². The van der Waals surface area contributed by atoms with Crippen LogP contribution in [-0.2, 0) is 0 Å². The van der Waals surface area contributed by atoms with E-state index in [0.717, 1.165) is 28.1 Å².